The Morgan fingerprint density at radius 1 is 0.364 bits per heavy atom. The lowest BCUT2D eigenvalue weighted by Crippen LogP contribution is -2.58. The van der Waals surface area contributed by atoms with Gasteiger partial charge in [0.15, 0.2) is 17.5 Å². The van der Waals surface area contributed by atoms with Gasteiger partial charge in [-0.2, -0.15) is 0 Å². The Morgan fingerprint density at radius 3 is 1.31 bits per heavy atom. The molecule has 6 aromatic carbocycles. The third kappa shape index (κ3) is 5.12. The first-order valence-electron chi connectivity index (χ1n) is 20.3. The van der Waals surface area contributed by atoms with Gasteiger partial charge in [-0.25, -0.2) is 15.0 Å². The van der Waals surface area contributed by atoms with E-state index < -0.39 is 0 Å². The molecule has 268 valence electrons. The van der Waals surface area contributed by atoms with Crippen LogP contribution in [0.15, 0.2) is 152 Å². The molecule has 7 aromatic rings. The maximum atomic E-state index is 5.31. The van der Waals surface area contributed by atoms with Crippen molar-refractivity contribution in [2.75, 3.05) is 0 Å². The van der Waals surface area contributed by atoms with Crippen molar-refractivity contribution in [3.63, 3.8) is 0 Å². The van der Waals surface area contributed by atoms with Gasteiger partial charge < -0.3 is 0 Å². The smallest absolute Gasteiger partial charge is 0.164 e. The van der Waals surface area contributed by atoms with Gasteiger partial charge in [-0.3, -0.25) is 0 Å². The predicted octanol–water partition coefficient (Wildman–Crippen LogP) is 12.6. The zero-order chi connectivity index (χ0) is 36.7. The van der Waals surface area contributed by atoms with Gasteiger partial charge in [-0.1, -0.05) is 147 Å². The van der Waals surface area contributed by atoms with Crippen molar-refractivity contribution >= 4 is 0 Å². The van der Waals surface area contributed by atoms with E-state index in [-0.39, 0.29) is 10.8 Å². The third-order valence-corrected chi connectivity index (χ3v) is 14.0. The van der Waals surface area contributed by atoms with Crippen molar-refractivity contribution in [2.24, 2.45) is 23.7 Å². The number of hydrogen-bond donors (Lipinski definition) is 0. The molecular weight excluding hydrogens is 667 g/mol. The largest absolute Gasteiger partial charge is 0.208 e. The molecule has 1 spiro atoms. The molecule has 0 saturated heterocycles. The van der Waals surface area contributed by atoms with Crippen LogP contribution in [0.4, 0.5) is 0 Å². The molecule has 1 heterocycles. The molecule has 4 bridgehead atoms. The molecule has 12 rings (SSSR count). The predicted molar refractivity (Wildman–Crippen MR) is 223 cm³/mol. The molecule has 3 nitrogen and oxygen atoms in total. The quantitative estimate of drug-likeness (QED) is 0.178. The minimum absolute atomic E-state index is 0.0819. The summed E-state index contributed by atoms with van der Waals surface area (Å²) in [6.45, 7) is 4.87. The van der Waals surface area contributed by atoms with Gasteiger partial charge in [0.2, 0.25) is 0 Å². The Hall–Kier alpha value is -5.67. The van der Waals surface area contributed by atoms with E-state index in [9.17, 15) is 0 Å². The summed E-state index contributed by atoms with van der Waals surface area (Å²) in [4.78, 5) is 15.8. The molecule has 3 heteroatoms. The van der Waals surface area contributed by atoms with Crippen LogP contribution in [0.2, 0.25) is 0 Å². The van der Waals surface area contributed by atoms with Crippen molar-refractivity contribution in [1.82, 2.24) is 15.0 Å². The summed E-state index contributed by atoms with van der Waals surface area (Å²) in [5.74, 6) is 5.29. The van der Waals surface area contributed by atoms with Crippen LogP contribution in [0.1, 0.15) is 68.2 Å². The topological polar surface area (TPSA) is 38.7 Å². The molecule has 55 heavy (non-hydrogen) atoms. The summed E-state index contributed by atoms with van der Waals surface area (Å²) < 4.78 is 0. The summed E-state index contributed by atoms with van der Waals surface area (Å²) in [5.41, 5.74) is 13.7. The molecule has 5 aliphatic rings. The summed E-state index contributed by atoms with van der Waals surface area (Å²) >= 11 is 0. The van der Waals surface area contributed by atoms with Gasteiger partial charge in [0.05, 0.1) is 0 Å². The average Bonchev–Trinajstić information content (AvgIpc) is 3.24. The molecule has 0 amide bonds. The Kier molecular flexibility index (Phi) is 7.40. The average molecular weight is 712 g/mol. The molecular formula is C52H45N3. The molecule has 0 radical (unpaired) electrons. The SMILES string of the molecule is CC1(C)c2ccccc2C2(c3ccc(-c4nc(-c5cccc(-c6ccccc6)c5)nc(-c5cccc(-c6ccccc6)c5)n4)cc31)C1CC3CC(C1)CC2C3. The van der Waals surface area contributed by atoms with E-state index in [1.807, 2.05) is 0 Å². The van der Waals surface area contributed by atoms with Crippen LogP contribution in [0.25, 0.3) is 56.4 Å². The van der Waals surface area contributed by atoms with E-state index in [4.69, 9.17) is 15.0 Å². The van der Waals surface area contributed by atoms with Crippen LogP contribution < -0.4 is 0 Å². The summed E-state index contributed by atoms with van der Waals surface area (Å²) in [7, 11) is 0. The van der Waals surface area contributed by atoms with Crippen LogP contribution in [0, 0.1) is 23.7 Å². The fraction of sp³-hybridized carbons (Fsp3) is 0.250. The zero-order valence-corrected chi connectivity index (χ0v) is 31.6. The number of fused-ring (bicyclic) bond motifs is 2. The molecule has 0 unspecified atom stereocenters. The van der Waals surface area contributed by atoms with E-state index in [1.165, 1.54) is 54.4 Å². The van der Waals surface area contributed by atoms with E-state index in [2.05, 4.69) is 166 Å². The molecule has 0 aliphatic heterocycles. The van der Waals surface area contributed by atoms with Gasteiger partial charge in [-0.15, -0.1) is 0 Å². The van der Waals surface area contributed by atoms with Crippen LogP contribution >= 0.6 is 0 Å². The van der Waals surface area contributed by atoms with Gasteiger partial charge in [0.25, 0.3) is 0 Å². The molecule has 4 fully saturated rings. The lowest BCUT2D eigenvalue weighted by atomic mass is 9.39. The molecule has 0 N–H and O–H groups in total. The number of hydrogen-bond acceptors (Lipinski definition) is 3. The summed E-state index contributed by atoms with van der Waals surface area (Å²) in [5, 5.41) is 0. The Morgan fingerprint density at radius 2 is 0.782 bits per heavy atom. The second-order valence-electron chi connectivity index (χ2n) is 17.3. The number of benzene rings is 6. The molecule has 4 saturated carbocycles. The number of rotatable bonds is 5. The summed E-state index contributed by atoms with van der Waals surface area (Å²) in [6.07, 6.45) is 6.93. The molecule has 5 aliphatic carbocycles. The zero-order valence-electron chi connectivity index (χ0n) is 31.6. The first kappa shape index (κ1) is 32.7. The highest BCUT2D eigenvalue weighted by atomic mass is 15.0. The lowest BCUT2D eigenvalue weighted by Gasteiger charge is -2.64. The monoisotopic (exact) mass is 711 g/mol. The maximum Gasteiger partial charge on any atom is 0.164 e. The lowest BCUT2D eigenvalue weighted by molar-refractivity contribution is -0.0443. The molecule has 0 atom stereocenters. The van der Waals surface area contributed by atoms with E-state index in [0.29, 0.717) is 29.3 Å². The van der Waals surface area contributed by atoms with Crippen molar-refractivity contribution in [1.29, 1.82) is 0 Å². The Balaban J connectivity index is 1.10. The van der Waals surface area contributed by atoms with Gasteiger partial charge in [0, 0.05) is 27.5 Å². The van der Waals surface area contributed by atoms with Crippen LogP contribution in [0.5, 0.6) is 0 Å². The van der Waals surface area contributed by atoms with Crippen LogP contribution in [-0.4, -0.2) is 15.0 Å². The first-order valence-corrected chi connectivity index (χ1v) is 20.3. The normalized spacial score (nSPS) is 24.0. The van der Waals surface area contributed by atoms with Gasteiger partial charge in [-0.05, 0) is 118 Å². The van der Waals surface area contributed by atoms with Crippen molar-refractivity contribution < 1.29 is 0 Å². The highest BCUT2D eigenvalue weighted by molar-refractivity contribution is 5.75. The molecule has 1 aromatic heterocycles. The fourth-order valence-electron chi connectivity index (χ4n) is 11.7. The van der Waals surface area contributed by atoms with Gasteiger partial charge in [0.1, 0.15) is 0 Å². The van der Waals surface area contributed by atoms with E-state index >= 15 is 0 Å². The minimum atomic E-state index is -0.158. The van der Waals surface area contributed by atoms with Crippen LogP contribution in [-0.2, 0) is 10.8 Å². The van der Waals surface area contributed by atoms with Crippen LogP contribution in [0.3, 0.4) is 0 Å². The maximum absolute atomic E-state index is 5.31. The summed E-state index contributed by atoms with van der Waals surface area (Å²) in [6, 6.07) is 55.1. The van der Waals surface area contributed by atoms with Crippen molar-refractivity contribution in [3.05, 3.63) is 174 Å². The number of nitrogens with zero attached hydrogens (tertiary/aromatic N) is 3. The third-order valence-electron chi connectivity index (χ3n) is 14.0. The first-order chi connectivity index (χ1) is 26.9. The Labute approximate surface area is 324 Å². The fourth-order valence-corrected chi connectivity index (χ4v) is 11.7. The standard InChI is InChI=1S/C52H45N3/c1-51(2)44-21-9-10-22-45(44)52(42-26-33-25-34(28-42)29-43(52)27-33)46-24-23-41(32-47(46)51)50-54-48(39-19-11-17-37(30-39)35-13-5-3-6-14-35)53-49(55-50)40-20-12-18-38(31-40)36-15-7-4-8-16-36/h3-24,30-34,42-43H,25-29H2,1-2H3. The number of aromatic nitrogens is 3. The minimum Gasteiger partial charge on any atom is -0.208 e. The highest BCUT2D eigenvalue weighted by Gasteiger charge is 2.62. The second kappa shape index (κ2) is 12.4. The van der Waals surface area contributed by atoms with E-state index in [1.54, 1.807) is 11.1 Å². The van der Waals surface area contributed by atoms with E-state index in [0.717, 1.165) is 39.7 Å². The van der Waals surface area contributed by atoms with Gasteiger partial charge >= 0.3 is 0 Å². The highest BCUT2D eigenvalue weighted by Crippen LogP contribution is 2.68. The second-order valence-corrected chi connectivity index (χ2v) is 17.3. The van der Waals surface area contributed by atoms with Crippen molar-refractivity contribution in [3.8, 4) is 56.4 Å². The Bertz CT molecular complexity index is 2460. The van der Waals surface area contributed by atoms with Crippen molar-refractivity contribution in [2.45, 2.75) is 56.8 Å².